The number of carbonyl (C=O) groups excluding carboxylic acids is 3. The third-order valence-electron chi connectivity index (χ3n) is 6.77. The maximum Gasteiger partial charge on any atom is 0.238 e. The van der Waals surface area contributed by atoms with Crippen LogP contribution < -0.4 is 10.2 Å². The number of nitrogens with zero attached hydrogens (tertiary/aromatic N) is 1. The zero-order chi connectivity index (χ0) is 22.9. The maximum absolute atomic E-state index is 13.0. The second-order valence-electron chi connectivity index (χ2n) is 9.34. The Morgan fingerprint density at radius 1 is 1.00 bits per heavy atom. The van der Waals surface area contributed by atoms with Gasteiger partial charge in [0.15, 0.2) is 0 Å². The van der Waals surface area contributed by atoms with Crippen molar-refractivity contribution in [3.63, 3.8) is 0 Å². The molecule has 5 nitrogen and oxygen atoms in total. The molecule has 32 heavy (non-hydrogen) atoms. The van der Waals surface area contributed by atoms with Gasteiger partial charge in [-0.2, -0.15) is 0 Å². The number of hydrogen-bond donors (Lipinski definition) is 1. The van der Waals surface area contributed by atoms with E-state index < -0.39 is 0 Å². The fourth-order valence-electron chi connectivity index (χ4n) is 4.94. The van der Waals surface area contributed by atoms with Crippen molar-refractivity contribution in [2.45, 2.75) is 84.5 Å². The molecule has 1 fully saturated rings. The van der Waals surface area contributed by atoms with Gasteiger partial charge >= 0.3 is 0 Å². The Morgan fingerprint density at radius 3 is 2.38 bits per heavy atom. The SMILES string of the molecule is CCCCCCCCCCCC(=O)Nc1cccc(N2C(=O)C3CC=CC(C)C3C2=O)c1. The zero-order valence-electron chi connectivity index (χ0n) is 19.6. The molecule has 3 amide bonds. The van der Waals surface area contributed by atoms with Crippen LogP contribution in [0.25, 0.3) is 0 Å². The summed E-state index contributed by atoms with van der Waals surface area (Å²) in [6, 6.07) is 7.09. The number of hydrogen-bond acceptors (Lipinski definition) is 3. The Morgan fingerprint density at radius 2 is 1.69 bits per heavy atom. The van der Waals surface area contributed by atoms with E-state index in [1.54, 1.807) is 24.3 Å². The first kappa shape index (κ1) is 24.2. The molecular weight excluding hydrogens is 400 g/mol. The van der Waals surface area contributed by atoms with Crippen molar-refractivity contribution < 1.29 is 14.4 Å². The van der Waals surface area contributed by atoms with Crippen molar-refractivity contribution in [3.05, 3.63) is 36.4 Å². The number of rotatable bonds is 12. The van der Waals surface area contributed by atoms with Crippen molar-refractivity contribution in [3.8, 4) is 0 Å². The van der Waals surface area contributed by atoms with Gasteiger partial charge in [0.2, 0.25) is 17.7 Å². The summed E-state index contributed by atoms with van der Waals surface area (Å²) in [5.74, 6) is -0.765. The molecule has 3 atom stereocenters. The Hall–Kier alpha value is -2.43. The first-order valence-corrected chi connectivity index (χ1v) is 12.5. The van der Waals surface area contributed by atoms with E-state index in [0.717, 1.165) is 12.8 Å². The predicted octanol–water partition coefficient (Wildman–Crippen LogP) is 6.25. The number of nitrogens with one attached hydrogen (secondary N) is 1. The minimum Gasteiger partial charge on any atom is -0.326 e. The molecule has 1 heterocycles. The van der Waals surface area contributed by atoms with Gasteiger partial charge in [-0.1, -0.05) is 83.4 Å². The minimum atomic E-state index is -0.280. The van der Waals surface area contributed by atoms with Crippen LogP contribution in [0.3, 0.4) is 0 Å². The van der Waals surface area contributed by atoms with Gasteiger partial charge in [-0.15, -0.1) is 0 Å². The smallest absolute Gasteiger partial charge is 0.238 e. The molecule has 1 aliphatic heterocycles. The number of unbranched alkanes of at least 4 members (excludes halogenated alkanes) is 8. The van der Waals surface area contributed by atoms with E-state index in [1.165, 1.54) is 49.8 Å². The fourth-order valence-corrected chi connectivity index (χ4v) is 4.94. The molecule has 0 bridgehead atoms. The number of carbonyl (C=O) groups is 3. The van der Waals surface area contributed by atoms with E-state index in [0.29, 0.717) is 24.2 Å². The van der Waals surface area contributed by atoms with Crippen LogP contribution in [0.15, 0.2) is 36.4 Å². The number of allylic oxidation sites excluding steroid dienone is 2. The topological polar surface area (TPSA) is 66.5 Å². The highest BCUT2D eigenvalue weighted by Gasteiger charge is 2.50. The van der Waals surface area contributed by atoms with Crippen molar-refractivity contribution in [1.82, 2.24) is 0 Å². The zero-order valence-corrected chi connectivity index (χ0v) is 19.6. The van der Waals surface area contributed by atoms with Crippen LogP contribution >= 0.6 is 0 Å². The molecule has 0 saturated carbocycles. The second kappa shape index (κ2) is 12.0. The molecular formula is C27H38N2O3. The summed E-state index contributed by atoms with van der Waals surface area (Å²) < 4.78 is 0. The quantitative estimate of drug-likeness (QED) is 0.238. The van der Waals surface area contributed by atoms with Crippen LogP contribution in [0.5, 0.6) is 0 Å². The molecule has 5 heteroatoms. The number of imide groups is 1. The van der Waals surface area contributed by atoms with Gasteiger partial charge in [0.1, 0.15) is 0 Å². The van der Waals surface area contributed by atoms with Crippen LogP contribution in [0.1, 0.15) is 84.5 Å². The predicted molar refractivity (Wildman–Crippen MR) is 129 cm³/mol. The van der Waals surface area contributed by atoms with E-state index in [1.807, 2.05) is 19.1 Å². The van der Waals surface area contributed by atoms with Gasteiger partial charge in [-0.05, 0) is 37.0 Å². The summed E-state index contributed by atoms with van der Waals surface area (Å²) in [4.78, 5) is 39.6. The van der Waals surface area contributed by atoms with Gasteiger partial charge in [0, 0.05) is 12.1 Å². The van der Waals surface area contributed by atoms with Crippen LogP contribution in [-0.4, -0.2) is 17.7 Å². The maximum atomic E-state index is 13.0. The largest absolute Gasteiger partial charge is 0.326 e. The van der Waals surface area contributed by atoms with Crippen molar-refractivity contribution in [2.24, 2.45) is 17.8 Å². The Balaban J connectivity index is 1.46. The van der Waals surface area contributed by atoms with Crippen LogP contribution in [0.2, 0.25) is 0 Å². The molecule has 0 aromatic heterocycles. The molecule has 1 saturated heterocycles. The molecule has 0 radical (unpaired) electrons. The molecule has 174 valence electrons. The average Bonchev–Trinajstić information content (AvgIpc) is 3.04. The Kier molecular flexibility index (Phi) is 9.07. The average molecular weight is 439 g/mol. The molecule has 1 aromatic rings. The van der Waals surface area contributed by atoms with E-state index in [-0.39, 0.29) is 35.5 Å². The summed E-state index contributed by atoms with van der Waals surface area (Å²) >= 11 is 0. The highest BCUT2D eigenvalue weighted by molar-refractivity contribution is 6.22. The number of anilines is 2. The normalized spacial score (nSPS) is 22.3. The van der Waals surface area contributed by atoms with Gasteiger partial charge in [-0.3, -0.25) is 14.4 Å². The fraction of sp³-hybridized carbons (Fsp3) is 0.593. The van der Waals surface area contributed by atoms with Gasteiger partial charge in [0.05, 0.1) is 17.5 Å². The van der Waals surface area contributed by atoms with E-state index in [9.17, 15) is 14.4 Å². The molecule has 3 unspecified atom stereocenters. The standard InChI is InChI=1S/C27H38N2O3/c1-3-4-5-6-7-8-9-10-11-18-24(30)28-21-15-13-16-22(19-21)29-26(31)23-17-12-14-20(2)25(23)27(29)32/h12-16,19-20,23,25H,3-11,17-18H2,1-2H3,(H,28,30). The highest BCUT2D eigenvalue weighted by atomic mass is 16.2. The Labute approximate surface area is 192 Å². The molecule has 3 rings (SSSR count). The number of fused-ring (bicyclic) bond motifs is 1. The third-order valence-corrected chi connectivity index (χ3v) is 6.77. The van der Waals surface area contributed by atoms with E-state index in [2.05, 4.69) is 12.2 Å². The van der Waals surface area contributed by atoms with Gasteiger partial charge in [-0.25, -0.2) is 4.90 Å². The third kappa shape index (κ3) is 6.08. The highest BCUT2D eigenvalue weighted by Crippen LogP contribution is 2.40. The monoisotopic (exact) mass is 438 g/mol. The lowest BCUT2D eigenvalue weighted by Gasteiger charge is -2.22. The lowest BCUT2D eigenvalue weighted by Crippen LogP contribution is -2.31. The lowest BCUT2D eigenvalue weighted by molar-refractivity contribution is -0.122. The molecule has 0 spiro atoms. The second-order valence-corrected chi connectivity index (χ2v) is 9.34. The van der Waals surface area contributed by atoms with Gasteiger partial charge in [0.25, 0.3) is 0 Å². The number of benzene rings is 1. The van der Waals surface area contributed by atoms with Crippen LogP contribution in [-0.2, 0) is 14.4 Å². The first-order valence-electron chi connectivity index (χ1n) is 12.5. The van der Waals surface area contributed by atoms with Crippen LogP contribution in [0, 0.1) is 17.8 Å². The molecule has 1 aliphatic carbocycles. The molecule has 1 aromatic carbocycles. The summed E-state index contributed by atoms with van der Waals surface area (Å²) in [7, 11) is 0. The van der Waals surface area contributed by atoms with E-state index in [4.69, 9.17) is 0 Å². The van der Waals surface area contributed by atoms with Crippen molar-refractivity contribution in [2.75, 3.05) is 10.2 Å². The number of amides is 3. The van der Waals surface area contributed by atoms with Crippen LogP contribution in [0.4, 0.5) is 11.4 Å². The first-order chi connectivity index (χ1) is 15.5. The molecule has 1 N–H and O–H groups in total. The van der Waals surface area contributed by atoms with Crippen molar-refractivity contribution >= 4 is 29.1 Å². The van der Waals surface area contributed by atoms with Gasteiger partial charge < -0.3 is 5.32 Å². The minimum absolute atomic E-state index is 0.0179. The summed E-state index contributed by atoms with van der Waals surface area (Å²) in [5, 5.41) is 2.93. The lowest BCUT2D eigenvalue weighted by atomic mass is 9.78. The molecule has 2 aliphatic rings. The summed E-state index contributed by atoms with van der Waals surface area (Å²) in [6.07, 6.45) is 16.1. The van der Waals surface area contributed by atoms with Crippen molar-refractivity contribution in [1.29, 1.82) is 0 Å². The van der Waals surface area contributed by atoms with E-state index >= 15 is 0 Å². The Bertz CT molecular complexity index is 832. The summed E-state index contributed by atoms with van der Waals surface area (Å²) in [5.41, 5.74) is 1.17. The summed E-state index contributed by atoms with van der Waals surface area (Å²) in [6.45, 7) is 4.22.